The van der Waals surface area contributed by atoms with Crippen molar-refractivity contribution in [3.63, 3.8) is 0 Å². The van der Waals surface area contributed by atoms with Crippen molar-refractivity contribution in [3.05, 3.63) is 93.5 Å². The molecule has 33 heavy (non-hydrogen) atoms. The van der Waals surface area contributed by atoms with E-state index in [-0.39, 0.29) is 0 Å². The maximum atomic E-state index is 6.32. The Hall–Kier alpha value is -3.17. The molecule has 0 aliphatic carbocycles. The molecule has 0 atom stereocenters. The van der Waals surface area contributed by atoms with Crippen molar-refractivity contribution in [2.45, 2.75) is 13.0 Å². The molecule has 4 rings (SSSR count). The Morgan fingerprint density at radius 2 is 1.73 bits per heavy atom. The molecule has 0 saturated carbocycles. The Balaban J connectivity index is 1.65. The molecule has 2 heterocycles. The highest BCUT2D eigenvalue weighted by molar-refractivity contribution is 6.35. The van der Waals surface area contributed by atoms with E-state index in [0.29, 0.717) is 28.8 Å². The zero-order chi connectivity index (χ0) is 23.2. The number of benzene rings is 2. The lowest BCUT2D eigenvalue weighted by Crippen LogP contribution is -2.17. The van der Waals surface area contributed by atoms with Gasteiger partial charge in [0.1, 0.15) is 5.75 Å². The van der Waals surface area contributed by atoms with E-state index in [4.69, 9.17) is 27.9 Å². The third-order valence-corrected chi connectivity index (χ3v) is 5.91. The van der Waals surface area contributed by atoms with Crippen LogP contribution in [0.15, 0.2) is 61.1 Å². The molecule has 0 N–H and O–H groups in total. The van der Waals surface area contributed by atoms with Crippen molar-refractivity contribution in [1.29, 1.82) is 0 Å². The SMILES string of the molecule is COc1ccc2c(Cc3c(Cl)cncc3Cl)nncc2c1C#CCN(C)Cc1ccccc1. The molecule has 7 heteroatoms. The minimum absolute atomic E-state index is 0.434. The second-order valence-electron chi connectivity index (χ2n) is 7.61. The molecule has 0 amide bonds. The number of fused-ring (bicyclic) bond motifs is 1. The maximum absolute atomic E-state index is 6.32. The first-order valence-electron chi connectivity index (χ1n) is 10.4. The van der Waals surface area contributed by atoms with Crippen LogP contribution < -0.4 is 4.74 Å². The van der Waals surface area contributed by atoms with Gasteiger partial charge in [-0.25, -0.2) is 0 Å². The van der Waals surface area contributed by atoms with Gasteiger partial charge in [-0.05, 0) is 30.3 Å². The molecule has 0 aliphatic heterocycles. The van der Waals surface area contributed by atoms with Crippen LogP contribution >= 0.6 is 23.2 Å². The molecule has 2 aromatic carbocycles. The number of aromatic nitrogens is 3. The monoisotopic (exact) mass is 476 g/mol. The van der Waals surface area contributed by atoms with Gasteiger partial charge in [0, 0.05) is 36.1 Å². The van der Waals surface area contributed by atoms with Crippen LogP contribution in [0.1, 0.15) is 22.4 Å². The summed E-state index contributed by atoms with van der Waals surface area (Å²) >= 11 is 12.6. The van der Waals surface area contributed by atoms with E-state index in [1.54, 1.807) is 25.7 Å². The van der Waals surface area contributed by atoms with Gasteiger partial charge in [0.2, 0.25) is 0 Å². The summed E-state index contributed by atoms with van der Waals surface area (Å²) in [5.41, 5.74) is 3.56. The number of nitrogens with zero attached hydrogens (tertiary/aromatic N) is 4. The summed E-state index contributed by atoms with van der Waals surface area (Å²) in [4.78, 5) is 6.19. The first-order valence-corrected chi connectivity index (χ1v) is 11.1. The van der Waals surface area contributed by atoms with Gasteiger partial charge < -0.3 is 4.74 Å². The molecular weight excluding hydrogens is 455 g/mol. The largest absolute Gasteiger partial charge is 0.495 e. The first-order chi connectivity index (χ1) is 16.1. The summed E-state index contributed by atoms with van der Waals surface area (Å²) in [6.07, 6.45) is 5.30. The third kappa shape index (κ3) is 5.43. The number of hydrogen-bond acceptors (Lipinski definition) is 5. The minimum Gasteiger partial charge on any atom is -0.495 e. The fourth-order valence-electron chi connectivity index (χ4n) is 3.61. The second-order valence-corrected chi connectivity index (χ2v) is 8.43. The highest BCUT2D eigenvalue weighted by Crippen LogP contribution is 2.31. The average Bonchev–Trinajstić information content (AvgIpc) is 2.82. The summed E-state index contributed by atoms with van der Waals surface area (Å²) in [5.74, 6) is 7.26. The number of methoxy groups -OCH3 is 1. The number of ether oxygens (including phenoxy) is 1. The fourth-order valence-corrected chi connectivity index (χ4v) is 4.11. The van der Waals surface area contributed by atoms with Gasteiger partial charge in [0.05, 0.1) is 41.2 Å². The topological polar surface area (TPSA) is 51.1 Å². The predicted octanol–water partition coefficient (Wildman–Crippen LogP) is 5.41. The smallest absolute Gasteiger partial charge is 0.135 e. The summed E-state index contributed by atoms with van der Waals surface area (Å²) < 4.78 is 5.59. The maximum Gasteiger partial charge on any atom is 0.135 e. The van der Waals surface area contributed by atoms with Crippen LogP contribution in [0.4, 0.5) is 0 Å². The van der Waals surface area contributed by atoms with E-state index >= 15 is 0 Å². The van der Waals surface area contributed by atoms with Crippen molar-refractivity contribution in [3.8, 4) is 17.6 Å². The van der Waals surface area contributed by atoms with Gasteiger partial charge in [-0.15, -0.1) is 0 Å². The fraction of sp³-hybridized carbons (Fsp3) is 0.192. The Morgan fingerprint density at radius 1 is 0.970 bits per heavy atom. The van der Waals surface area contributed by atoms with E-state index in [0.717, 1.165) is 34.1 Å². The number of rotatable bonds is 6. The molecule has 166 valence electrons. The van der Waals surface area contributed by atoms with E-state index < -0.39 is 0 Å². The van der Waals surface area contributed by atoms with Gasteiger partial charge >= 0.3 is 0 Å². The predicted molar refractivity (Wildman–Crippen MR) is 133 cm³/mol. The Morgan fingerprint density at radius 3 is 2.45 bits per heavy atom. The van der Waals surface area contributed by atoms with Crippen molar-refractivity contribution >= 4 is 34.0 Å². The lowest BCUT2D eigenvalue weighted by Gasteiger charge is -2.13. The molecule has 0 saturated heterocycles. The molecule has 2 aromatic heterocycles. The van der Waals surface area contributed by atoms with Crippen molar-refractivity contribution in [2.24, 2.45) is 0 Å². The average molecular weight is 477 g/mol. The summed E-state index contributed by atoms with van der Waals surface area (Å²) in [6.45, 7) is 1.44. The normalized spacial score (nSPS) is 10.8. The summed E-state index contributed by atoms with van der Waals surface area (Å²) in [5, 5.41) is 11.4. The summed E-state index contributed by atoms with van der Waals surface area (Å²) in [6, 6.07) is 14.2. The Labute approximate surface area is 203 Å². The standard InChI is InChI=1S/C26H22Cl2N4O/c1-32(17-18-7-4-3-5-8-18)12-6-9-20-22-14-30-31-25(19(22)10-11-26(20)33-2)13-21-23(27)15-29-16-24(21)28/h3-5,7-8,10-11,14-16H,12-13,17H2,1-2H3. The van der Waals surface area contributed by atoms with Crippen molar-refractivity contribution in [2.75, 3.05) is 20.7 Å². The molecule has 5 nitrogen and oxygen atoms in total. The van der Waals surface area contributed by atoms with Gasteiger partial charge in [-0.3, -0.25) is 9.88 Å². The zero-order valence-electron chi connectivity index (χ0n) is 18.3. The van der Waals surface area contributed by atoms with Gasteiger partial charge in [0.25, 0.3) is 0 Å². The molecule has 0 aliphatic rings. The molecule has 0 fully saturated rings. The number of hydrogen-bond donors (Lipinski definition) is 0. The molecule has 0 unspecified atom stereocenters. The lowest BCUT2D eigenvalue weighted by atomic mass is 10.0. The van der Waals surface area contributed by atoms with Crippen LogP contribution in [0.25, 0.3) is 10.8 Å². The molecule has 0 bridgehead atoms. The van der Waals surface area contributed by atoms with Crippen LogP contribution in [0.3, 0.4) is 0 Å². The zero-order valence-corrected chi connectivity index (χ0v) is 19.9. The lowest BCUT2D eigenvalue weighted by molar-refractivity contribution is 0.369. The quantitative estimate of drug-likeness (QED) is 0.348. The summed E-state index contributed by atoms with van der Waals surface area (Å²) in [7, 11) is 3.69. The Bertz CT molecular complexity index is 1310. The molecule has 0 radical (unpaired) electrons. The number of pyridine rings is 1. The van der Waals surface area contributed by atoms with E-state index in [1.165, 1.54) is 5.56 Å². The van der Waals surface area contributed by atoms with E-state index in [9.17, 15) is 0 Å². The van der Waals surface area contributed by atoms with Gasteiger partial charge in [-0.1, -0.05) is 65.4 Å². The van der Waals surface area contributed by atoms with Crippen LogP contribution in [0.2, 0.25) is 10.0 Å². The van der Waals surface area contributed by atoms with Crippen molar-refractivity contribution in [1.82, 2.24) is 20.1 Å². The number of halogens is 2. The highest BCUT2D eigenvalue weighted by Gasteiger charge is 2.14. The van der Waals surface area contributed by atoms with Crippen LogP contribution in [-0.2, 0) is 13.0 Å². The minimum atomic E-state index is 0.434. The van der Waals surface area contributed by atoms with Crippen molar-refractivity contribution < 1.29 is 4.74 Å². The van der Waals surface area contributed by atoms with Crippen LogP contribution in [-0.4, -0.2) is 40.8 Å². The second kappa shape index (κ2) is 10.6. The van der Waals surface area contributed by atoms with Gasteiger partial charge in [-0.2, -0.15) is 10.2 Å². The molecule has 4 aromatic rings. The molecule has 0 spiro atoms. The van der Waals surface area contributed by atoms with E-state index in [2.05, 4.69) is 44.1 Å². The first kappa shape index (κ1) is 23.0. The third-order valence-electron chi connectivity index (χ3n) is 5.26. The van der Waals surface area contributed by atoms with Gasteiger partial charge in [0.15, 0.2) is 0 Å². The van der Waals surface area contributed by atoms with Crippen LogP contribution in [0, 0.1) is 11.8 Å². The molecular formula is C26H22Cl2N4O. The Kier molecular flexibility index (Phi) is 7.41. The van der Waals surface area contributed by atoms with E-state index in [1.807, 2.05) is 37.4 Å². The van der Waals surface area contributed by atoms with Crippen LogP contribution in [0.5, 0.6) is 5.75 Å². The highest BCUT2D eigenvalue weighted by atomic mass is 35.5.